The predicted octanol–water partition coefficient (Wildman–Crippen LogP) is 12.4. The number of ketones is 1. The summed E-state index contributed by atoms with van der Waals surface area (Å²) < 4.78 is 20.4. The van der Waals surface area contributed by atoms with Crippen LogP contribution in [0, 0.1) is 13.8 Å². The molecule has 2 aliphatic rings. The van der Waals surface area contributed by atoms with E-state index in [1.165, 1.54) is 34.2 Å². The minimum atomic E-state index is -1.17. The maximum Gasteiger partial charge on any atom is 0.324 e. The molecule has 0 unspecified atom stereocenters. The number of ether oxygens (including phenoxy) is 4. The van der Waals surface area contributed by atoms with Crippen molar-refractivity contribution >= 4 is 35.2 Å². The van der Waals surface area contributed by atoms with E-state index in [1.807, 2.05) is 19.1 Å². The Balaban J connectivity index is 0.000000254. The van der Waals surface area contributed by atoms with Crippen LogP contribution < -0.4 is 0 Å². The Morgan fingerprint density at radius 2 is 0.735 bits per heavy atom. The molecular formula is C59H74O9. The lowest BCUT2D eigenvalue weighted by molar-refractivity contribution is -0.158. The second-order valence-electron chi connectivity index (χ2n) is 20.9. The number of hydrogen-bond acceptors (Lipinski definition) is 9. The van der Waals surface area contributed by atoms with Gasteiger partial charge in [0.25, 0.3) is 0 Å². The van der Waals surface area contributed by atoms with E-state index in [2.05, 4.69) is 93.2 Å². The Morgan fingerprint density at radius 1 is 0.456 bits per heavy atom. The number of hydrogen-bond donors (Lipinski definition) is 0. The highest BCUT2D eigenvalue weighted by atomic mass is 16.6. The van der Waals surface area contributed by atoms with Crippen molar-refractivity contribution in [1.82, 2.24) is 0 Å². The van der Waals surface area contributed by atoms with Crippen molar-refractivity contribution in [2.24, 2.45) is 0 Å². The van der Waals surface area contributed by atoms with E-state index < -0.39 is 35.7 Å². The molecule has 9 nitrogen and oxygen atoms in total. The van der Waals surface area contributed by atoms with Gasteiger partial charge in [0.1, 0.15) is 0 Å². The van der Waals surface area contributed by atoms with Gasteiger partial charge in [0.05, 0.1) is 26.4 Å². The highest BCUT2D eigenvalue weighted by Crippen LogP contribution is 2.48. The van der Waals surface area contributed by atoms with Crippen LogP contribution in [0.4, 0.5) is 0 Å². The van der Waals surface area contributed by atoms with Crippen LogP contribution in [0.25, 0.3) is 5.57 Å². The molecule has 364 valence electrons. The molecule has 0 heterocycles. The lowest BCUT2D eigenvalue weighted by Crippen LogP contribution is -2.34. The smallest absolute Gasteiger partial charge is 0.324 e. The third kappa shape index (κ3) is 11.4. The molecule has 2 aliphatic carbocycles. The Labute approximate surface area is 405 Å². The highest BCUT2D eigenvalue weighted by molar-refractivity contribution is 6.10. The summed E-state index contributed by atoms with van der Waals surface area (Å²) in [7, 11) is 0. The van der Waals surface area contributed by atoms with Gasteiger partial charge in [-0.1, -0.05) is 129 Å². The van der Waals surface area contributed by atoms with Crippen LogP contribution in [-0.2, 0) is 59.8 Å². The zero-order valence-corrected chi connectivity index (χ0v) is 43.1. The lowest BCUT2D eigenvalue weighted by atomic mass is 9.62. The zero-order valence-electron chi connectivity index (χ0n) is 43.1. The second-order valence-corrected chi connectivity index (χ2v) is 20.9. The third-order valence-corrected chi connectivity index (χ3v) is 14.2. The van der Waals surface area contributed by atoms with Gasteiger partial charge in [0.2, 0.25) is 0 Å². The topological polar surface area (TPSA) is 122 Å². The van der Waals surface area contributed by atoms with Crippen molar-refractivity contribution in [3.63, 3.8) is 0 Å². The minimum Gasteiger partial charge on any atom is -0.465 e. The fourth-order valence-electron chi connectivity index (χ4n) is 9.67. The molecule has 0 saturated heterocycles. The van der Waals surface area contributed by atoms with Gasteiger partial charge in [-0.3, -0.25) is 24.0 Å². The Hall–Kier alpha value is -5.83. The number of fused-ring (bicyclic) bond motifs is 2. The first kappa shape index (κ1) is 53.1. The molecule has 0 radical (unpaired) electrons. The summed E-state index contributed by atoms with van der Waals surface area (Å²) in [5.74, 6) is -4.83. The molecule has 0 aliphatic heterocycles. The summed E-state index contributed by atoms with van der Waals surface area (Å²) in [6.07, 6.45) is 4.51. The summed E-state index contributed by atoms with van der Waals surface area (Å²) in [6, 6.07) is 22.9. The quantitative estimate of drug-likeness (QED) is 0.0526. The first-order valence-electron chi connectivity index (χ1n) is 24.3. The number of benzene rings is 4. The monoisotopic (exact) mass is 927 g/mol. The summed E-state index contributed by atoms with van der Waals surface area (Å²) in [5.41, 5.74) is 13.1. The molecule has 0 saturated carbocycles. The molecule has 0 atom stereocenters. The number of rotatable bonds is 14. The summed E-state index contributed by atoms with van der Waals surface area (Å²) in [5, 5.41) is 0. The number of carbonyl (C=O) groups is 5. The molecular weight excluding hydrogens is 853 g/mol. The van der Waals surface area contributed by atoms with E-state index in [-0.39, 0.29) is 53.9 Å². The van der Waals surface area contributed by atoms with Crippen molar-refractivity contribution < 1.29 is 42.9 Å². The second kappa shape index (κ2) is 21.2. The maximum atomic E-state index is 13.5. The van der Waals surface area contributed by atoms with Gasteiger partial charge in [-0.25, -0.2) is 0 Å². The Bertz CT molecular complexity index is 2320. The molecule has 0 amide bonds. The molecule has 0 N–H and O–H groups in total. The van der Waals surface area contributed by atoms with Gasteiger partial charge in [-0.2, -0.15) is 0 Å². The van der Waals surface area contributed by atoms with Crippen molar-refractivity contribution in [3.05, 3.63) is 146 Å². The van der Waals surface area contributed by atoms with Gasteiger partial charge in [-0.05, 0) is 156 Å². The van der Waals surface area contributed by atoms with E-state index in [4.69, 9.17) is 18.9 Å². The first-order valence-corrected chi connectivity index (χ1v) is 24.3. The van der Waals surface area contributed by atoms with Crippen LogP contribution in [0.3, 0.4) is 0 Å². The van der Waals surface area contributed by atoms with Gasteiger partial charge in [0.15, 0.2) is 17.6 Å². The van der Waals surface area contributed by atoms with Gasteiger partial charge in [0, 0.05) is 11.1 Å². The van der Waals surface area contributed by atoms with Crippen LogP contribution in [0.15, 0.2) is 79.4 Å². The fraction of sp³-hybridized carbons (Fsp3) is 0.475. The van der Waals surface area contributed by atoms with Crippen LogP contribution in [-0.4, -0.2) is 56.1 Å². The molecule has 0 fully saturated rings. The molecule has 6 rings (SSSR count). The van der Waals surface area contributed by atoms with Crippen LogP contribution >= 0.6 is 0 Å². The van der Waals surface area contributed by atoms with E-state index in [9.17, 15) is 24.0 Å². The molecule has 68 heavy (non-hydrogen) atoms. The zero-order chi connectivity index (χ0) is 50.5. The van der Waals surface area contributed by atoms with E-state index >= 15 is 0 Å². The standard InChI is InChI=1S/C30H38O4.C29H36O5/c1-9-33-27(31)26(28(32)34-10-2)22-13-11-21(12-14-22)20(4)23-18-25-24(17-19(23)3)29(5,6)15-16-30(25,7)8;1-8-33-26(31)24(27(32)34-9-2)19-10-12-20(13-11-19)25(30)21-17-23-22(16-18(21)3)28(4,5)14-15-29(23,6)7/h11-14,17-18,26H,4,9-10,15-16H2,1-3,5-8H3;10-13,16-17,24H,8-9,14-15H2,1-7H3. The fourth-order valence-corrected chi connectivity index (χ4v) is 9.67. The SMILES string of the molecule is C=C(c1ccc(C(C(=O)OCC)C(=O)OCC)cc1)c1cc2c(cc1C)C(C)(C)CCC2(C)C.CCOC(=O)C(C(=O)OCC)c1ccc(C(=O)c2cc3c(cc2C)C(C)(C)CCC3(C)C)cc1. The summed E-state index contributed by atoms with van der Waals surface area (Å²) in [6.45, 7) is 34.4. The highest BCUT2D eigenvalue weighted by Gasteiger charge is 2.40. The number of esters is 4. The lowest BCUT2D eigenvalue weighted by Gasteiger charge is -2.42. The molecule has 9 heteroatoms. The average molecular weight is 927 g/mol. The predicted molar refractivity (Wildman–Crippen MR) is 269 cm³/mol. The molecule has 4 aromatic rings. The van der Waals surface area contributed by atoms with E-state index in [1.54, 1.807) is 64.1 Å². The van der Waals surface area contributed by atoms with Crippen molar-refractivity contribution in [2.45, 2.75) is 156 Å². The average Bonchev–Trinajstić information content (AvgIpc) is 3.27. The van der Waals surface area contributed by atoms with Crippen molar-refractivity contribution in [2.75, 3.05) is 26.4 Å². The summed E-state index contributed by atoms with van der Waals surface area (Å²) in [4.78, 5) is 63.2. The van der Waals surface area contributed by atoms with E-state index in [0.29, 0.717) is 22.3 Å². The normalized spacial score (nSPS) is 16.0. The maximum absolute atomic E-state index is 13.5. The molecule has 4 aromatic carbocycles. The Morgan fingerprint density at radius 3 is 1.06 bits per heavy atom. The third-order valence-electron chi connectivity index (χ3n) is 14.2. The molecule has 0 spiro atoms. The Kier molecular flexibility index (Phi) is 16.6. The van der Waals surface area contributed by atoms with Gasteiger partial charge >= 0.3 is 23.9 Å². The number of carbonyl (C=O) groups excluding carboxylic acids is 5. The van der Waals surface area contributed by atoms with E-state index in [0.717, 1.165) is 41.5 Å². The van der Waals surface area contributed by atoms with Crippen LogP contribution in [0.1, 0.15) is 192 Å². The van der Waals surface area contributed by atoms with Gasteiger partial charge < -0.3 is 18.9 Å². The summed E-state index contributed by atoms with van der Waals surface area (Å²) >= 11 is 0. The number of aryl methyl sites for hydroxylation is 2. The van der Waals surface area contributed by atoms with Crippen molar-refractivity contribution in [3.8, 4) is 0 Å². The van der Waals surface area contributed by atoms with Gasteiger partial charge in [-0.15, -0.1) is 0 Å². The first-order chi connectivity index (χ1) is 31.8. The van der Waals surface area contributed by atoms with Crippen LogP contribution in [0.2, 0.25) is 0 Å². The molecule has 0 bridgehead atoms. The van der Waals surface area contributed by atoms with Crippen LogP contribution in [0.5, 0.6) is 0 Å². The molecule has 0 aromatic heterocycles. The minimum absolute atomic E-state index is 0.00391. The van der Waals surface area contributed by atoms with Crippen molar-refractivity contribution in [1.29, 1.82) is 0 Å². The largest absolute Gasteiger partial charge is 0.465 e.